The number of fused-ring (bicyclic) bond motifs is 3. The fourth-order valence-electron chi connectivity index (χ4n) is 5.49. The van der Waals surface area contributed by atoms with Crippen LogP contribution in [0.3, 0.4) is 0 Å². The van der Waals surface area contributed by atoms with Gasteiger partial charge in [-0.05, 0) is 92.8 Å². The van der Waals surface area contributed by atoms with Crippen LogP contribution in [0.5, 0.6) is 0 Å². The summed E-state index contributed by atoms with van der Waals surface area (Å²) in [5.41, 5.74) is 4.23. The quantitative estimate of drug-likeness (QED) is 0.460. The fraction of sp³-hybridized carbons (Fsp3) is 0.444. The largest absolute Gasteiger partial charge is 0.446 e. The molecule has 6 rings (SSSR count). The molecule has 3 aliphatic rings. The van der Waals surface area contributed by atoms with Crippen LogP contribution in [0.1, 0.15) is 49.7 Å². The van der Waals surface area contributed by atoms with Crippen molar-refractivity contribution in [1.29, 1.82) is 0 Å². The third kappa shape index (κ3) is 4.46. The first kappa shape index (κ1) is 20.5. The maximum atomic E-state index is 11.3. The number of rotatable bonds is 9. The molecule has 0 saturated heterocycles. The summed E-state index contributed by atoms with van der Waals surface area (Å²) in [6, 6.07) is 14.8. The SMILES string of the molecule is O[C@@]1(CCNCCCCc2cnc3occc3c2)C[C@H]2CC[C@@H]1C=C2c1ccccc1. The number of nitrogens with one attached hydrogen (secondary N) is 1. The topological polar surface area (TPSA) is 58.3 Å². The average Bonchev–Trinajstić information content (AvgIpc) is 3.27. The summed E-state index contributed by atoms with van der Waals surface area (Å²) in [4.78, 5) is 4.36. The molecule has 2 aromatic heterocycles. The van der Waals surface area contributed by atoms with Gasteiger partial charge in [-0.3, -0.25) is 0 Å². The van der Waals surface area contributed by atoms with Crippen LogP contribution in [0.25, 0.3) is 16.7 Å². The maximum Gasteiger partial charge on any atom is 0.225 e. The molecular formula is C27H32N2O2. The number of benzene rings is 1. The molecule has 4 heteroatoms. The van der Waals surface area contributed by atoms with Crippen molar-refractivity contribution in [3.05, 3.63) is 72.1 Å². The number of furan rings is 1. The monoisotopic (exact) mass is 416 g/mol. The summed E-state index contributed by atoms with van der Waals surface area (Å²) >= 11 is 0. The summed E-state index contributed by atoms with van der Waals surface area (Å²) in [5, 5.41) is 16.0. The number of nitrogens with zero attached hydrogens (tertiary/aromatic N) is 1. The van der Waals surface area contributed by atoms with Crippen LogP contribution in [0.2, 0.25) is 0 Å². The van der Waals surface area contributed by atoms with E-state index in [1.807, 2.05) is 12.3 Å². The van der Waals surface area contributed by atoms with Crippen molar-refractivity contribution < 1.29 is 9.52 Å². The van der Waals surface area contributed by atoms with Crippen molar-refractivity contribution >= 4 is 16.7 Å². The molecule has 4 nitrogen and oxygen atoms in total. The molecule has 2 N–H and O–H groups in total. The van der Waals surface area contributed by atoms with Crippen LogP contribution < -0.4 is 5.32 Å². The molecule has 2 bridgehead atoms. The van der Waals surface area contributed by atoms with E-state index < -0.39 is 5.60 Å². The second-order valence-electron chi connectivity index (χ2n) is 9.29. The predicted octanol–water partition coefficient (Wildman–Crippen LogP) is 5.37. The molecule has 0 amide bonds. The van der Waals surface area contributed by atoms with Gasteiger partial charge >= 0.3 is 0 Å². The average molecular weight is 417 g/mol. The molecule has 3 aliphatic carbocycles. The molecule has 31 heavy (non-hydrogen) atoms. The van der Waals surface area contributed by atoms with Crippen LogP contribution in [0, 0.1) is 11.8 Å². The Morgan fingerprint density at radius 2 is 2.00 bits per heavy atom. The minimum atomic E-state index is -0.542. The van der Waals surface area contributed by atoms with Gasteiger partial charge < -0.3 is 14.8 Å². The smallest absolute Gasteiger partial charge is 0.225 e. The maximum absolute atomic E-state index is 11.3. The summed E-state index contributed by atoms with van der Waals surface area (Å²) < 4.78 is 5.30. The number of hydrogen-bond acceptors (Lipinski definition) is 4. The zero-order chi connectivity index (χ0) is 21.1. The van der Waals surface area contributed by atoms with Crippen LogP contribution in [-0.2, 0) is 6.42 Å². The van der Waals surface area contributed by atoms with Gasteiger partial charge in [-0.15, -0.1) is 0 Å². The van der Waals surface area contributed by atoms with E-state index in [4.69, 9.17) is 4.42 Å². The number of aryl methyl sites for hydroxylation is 1. The Hall–Kier alpha value is -2.43. The molecule has 3 aromatic rings. The third-order valence-electron chi connectivity index (χ3n) is 7.21. The van der Waals surface area contributed by atoms with Crippen molar-refractivity contribution in [1.82, 2.24) is 10.3 Å². The van der Waals surface area contributed by atoms with Crippen molar-refractivity contribution in [2.24, 2.45) is 11.8 Å². The molecule has 0 spiro atoms. The van der Waals surface area contributed by atoms with Gasteiger partial charge in [0.25, 0.3) is 0 Å². The van der Waals surface area contributed by atoms with E-state index in [1.54, 1.807) is 6.26 Å². The molecular weight excluding hydrogens is 384 g/mol. The summed E-state index contributed by atoms with van der Waals surface area (Å²) in [7, 11) is 0. The Morgan fingerprint density at radius 3 is 2.84 bits per heavy atom. The number of aromatic nitrogens is 1. The highest BCUT2D eigenvalue weighted by Gasteiger charge is 2.45. The van der Waals surface area contributed by atoms with Crippen molar-refractivity contribution in [3.8, 4) is 0 Å². The van der Waals surface area contributed by atoms with Gasteiger partial charge in [-0.2, -0.15) is 0 Å². The lowest BCUT2D eigenvalue weighted by Crippen LogP contribution is -2.47. The summed E-state index contributed by atoms with van der Waals surface area (Å²) in [6.07, 6.45) is 13.4. The number of unbranched alkanes of at least 4 members (excludes halogenated alkanes) is 1. The van der Waals surface area contributed by atoms with E-state index in [1.165, 1.54) is 23.1 Å². The summed E-state index contributed by atoms with van der Waals surface area (Å²) in [5.74, 6) is 0.790. The summed E-state index contributed by atoms with van der Waals surface area (Å²) in [6.45, 7) is 1.88. The van der Waals surface area contributed by atoms with E-state index in [0.29, 0.717) is 17.5 Å². The Balaban J connectivity index is 1.05. The van der Waals surface area contributed by atoms with Crippen molar-refractivity contribution in [3.63, 3.8) is 0 Å². The lowest BCUT2D eigenvalue weighted by Gasteiger charge is -2.48. The van der Waals surface area contributed by atoms with Crippen LogP contribution in [0.15, 0.2) is 65.4 Å². The van der Waals surface area contributed by atoms with E-state index in [2.05, 4.69) is 52.8 Å². The molecule has 0 unspecified atom stereocenters. The fourth-order valence-corrected chi connectivity index (χ4v) is 5.49. The molecule has 1 fully saturated rings. The standard InChI is InChI=1S/C27H32N2O2/c30-27(18-23-9-10-24(27)17-25(23)21-7-2-1-3-8-21)12-14-28-13-5-4-6-20-16-22-11-15-31-26(22)29-19-20/h1-3,7-8,11,15-17,19,23-24,28,30H,4-6,9-10,12-14,18H2/t23-,24-,27+/m1/s1. The second kappa shape index (κ2) is 8.97. The van der Waals surface area contributed by atoms with Gasteiger partial charge in [0.1, 0.15) is 0 Å². The van der Waals surface area contributed by atoms with Gasteiger partial charge in [0, 0.05) is 17.5 Å². The molecule has 1 aromatic carbocycles. The minimum Gasteiger partial charge on any atom is -0.446 e. The molecule has 2 heterocycles. The van der Waals surface area contributed by atoms with Crippen molar-refractivity contribution in [2.75, 3.05) is 13.1 Å². The van der Waals surface area contributed by atoms with E-state index in [0.717, 1.165) is 57.0 Å². The van der Waals surface area contributed by atoms with Crippen LogP contribution in [-0.4, -0.2) is 28.8 Å². The van der Waals surface area contributed by atoms with Crippen LogP contribution in [0.4, 0.5) is 0 Å². The van der Waals surface area contributed by atoms with Gasteiger partial charge in [-0.1, -0.05) is 36.4 Å². The zero-order valence-electron chi connectivity index (χ0n) is 18.1. The van der Waals surface area contributed by atoms with E-state index >= 15 is 0 Å². The first-order valence-corrected chi connectivity index (χ1v) is 11.7. The number of allylic oxidation sites excluding steroid dienone is 1. The Morgan fingerprint density at radius 1 is 1.10 bits per heavy atom. The minimum absolute atomic E-state index is 0.292. The second-order valence-corrected chi connectivity index (χ2v) is 9.29. The molecule has 3 atom stereocenters. The predicted molar refractivity (Wildman–Crippen MR) is 125 cm³/mol. The van der Waals surface area contributed by atoms with Gasteiger partial charge in [0.05, 0.1) is 11.9 Å². The van der Waals surface area contributed by atoms with Gasteiger partial charge in [-0.25, -0.2) is 4.98 Å². The Labute approximate surface area is 184 Å². The van der Waals surface area contributed by atoms with E-state index in [-0.39, 0.29) is 0 Å². The molecule has 162 valence electrons. The first-order valence-electron chi connectivity index (χ1n) is 11.7. The molecule has 1 saturated carbocycles. The zero-order valence-corrected chi connectivity index (χ0v) is 18.1. The van der Waals surface area contributed by atoms with Gasteiger partial charge in [0.15, 0.2) is 0 Å². The first-order chi connectivity index (χ1) is 15.2. The number of pyridine rings is 1. The Kier molecular flexibility index (Phi) is 5.93. The lowest BCUT2D eigenvalue weighted by atomic mass is 9.61. The molecule has 0 radical (unpaired) electrons. The highest BCUT2D eigenvalue weighted by Crippen LogP contribution is 2.50. The van der Waals surface area contributed by atoms with Crippen LogP contribution >= 0.6 is 0 Å². The van der Waals surface area contributed by atoms with Crippen molar-refractivity contribution in [2.45, 2.75) is 50.5 Å². The van der Waals surface area contributed by atoms with Gasteiger partial charge in [0.2, 0.25) is 5.71 Å². The highest BCUT2D eigenvalue weighted by molar-refractivity contribution is 5.73. The highest BCUT2D eigenvalue weighted by atomic mass is 16.3. The molecule has 0 aliphatic heterocycles. The number of hydrogen-bond donors (Lipinski definition) is 2. The number of aliphatic hydroxyl groups is 1. The Bertz CT molecular complexity index is 1040. The third-order valence-corrected chi connectivity index (χ3v) is 7.21. The normalized spacial score (nSPS) is 25.1. The van der Waals surface area contributed by atoms with E-state index in [9.17, 15) is 5.11 Å². The lowest BCUT2D eigenvalue weighted by molar-refractivity contribution is -0.0524.